The smallest absolute Gasteiger partial charge is 0.261 e. The fourth-order valence-corrected chi connectivity index (χ4v) is 4.57. The predicted molar refractivity (Wildman–Crippen MR) is 127 cm³/mol. The third-order valence-corrected chi connectivity index (χ3v) is 6.50. The quantitative estimate of drug-likeness (QED) is 0.227. The zero-order valence-electron chi connectivity index (χ0n) is 17.4. The molecule has 8 nitrogen and oxygen atoms in total. The number of para-hydroxylation sites is 1. The Morgan fingerprint density at radius 3 is 2.81 bits per heavy atom. The molecule has 0 unspecified atom stereocenters. The maximum absolute atomic E-state index is 12.5. The number of hydrogen-bond donors (Lipinski definition) is 1. The normalized spacial score (nSPS) is 10.9. The van der Waals surface area contributed by atoms with Crippen molar-refractivity contribution in [1.82, 2.24) is 19.7 Å². The standard InChI is InChI=1S/C22H21N5O3S2/c1-15-6-8-16(9-7-15)30-12-13-31-22-26-25-21(32-22)24-19(28)10-11-27-14-23-18-5-3-2-4-17(18)20(27)29/h2-9,14H,10-13H2,1H3,(H,24,25,28). The first-order valence-electron chi connectivity index (χ1n) is 9.98. The van der Waals surface area contributed by atoms with E-state index in [2.05, 4.69) is 20.5 Å². The van der Waals surface area contributed by atoms with E-state index in [1.807, 2.05) is 37.3 Å². The Kier molecular flexibility index (Phi) is 7.13. The molecule has 2 aromatic carbocycles. The molecule has 32 heavy (non-hydrogen) atoms. The number of nitrogens with zero attached hydrogens (tertiary/aromatic N) is 4. The van der Waals surface area contributed by atoms with Crippen LogP contribution in [-0.4, -0.2) is 38.0 Å². The number of nitrogens with one attached hydrogen (secondary N) is 1. The number of anilines is 1. The minimum absolute atomic E-state index is 0.131. The van der Waals surface area contributed by atoms with Gasteiger partial charge in [-0.05, 0) is 31.2 Å². The molecule has 2 heterocycles. The molecule has 0 spiro atoms. The Morgan fingerprint density at radius 1 is 1.16 bits per heavy atom. The van der Waals surface area contributed by atoms with Crippen molar-refractivity contribution in [3.63, 3.8) is 0 Å². The van der Waals surface area contributed by atoms with Gasteiger partial charge in [0.25, 0.3) is 5.56 Å². The van der Waals surface area contributed by atoms with Gasteiger partial charge in [-0.2, -0.15) is 0 Å². The summed E-state index contributed by atoms with van der Waals surface area (Å²) in [4.78, 5) is 29.0. The molecule has 0 bridgehead atoms. The molecule has 0 saturated carbocycles. The van der Waals surface area contributed by atoms with Crippen molar-refractivity contribution < 1.29 is 9.53 Å². The number of benzene rings is 2. The van der Waals surface area contributed by atoms with Crippen LogP contribution in [0.3, 0.4) is 0 Å². The van der Waals surface area contributed by atoms with E-state index in [0.29, 0.717) is 28.4 Å². The molecule has 0 radical (unpaired) electrons. The van der Waals surface area contributed by atoms with Crippen molar-refractivity contribution >= 4 is 45.0 Å². The lowest BCUT2D eigenvalue weighted by molar-refractivity contribution is -0.116. The highest BCUT2D eigenvalue weighted by Crippen LogP contribution is 2.25. The zero-order chi connectivity index (χ0) is 22.3. The van der Waals surface area contributed by atoms with Gasteiger partial charge in [-0.3, -0.25) is 14.2 Å². The van der Waals surface area contributed by atoms with Crippen molar-refractivity contribution in [2.45, 2.75) is 24.2 Å². The van der Waals surface area contributed by atoms with E-state index in [9.17, 15) is 9.59 Å². The number of ether oxygens (including phenoxy) is 1. The predicted octanol–water partition coefficient (Wildman–Crippen LogP) is 3.76. The number of amides is 1. The second-order valence-electron chi connectivity index (χ2n) is 6.94. The van der Waals surface area contributed by atoms with Crippen LogP contribution in [-0.2, 0) is 11.3 Å². The van der Waals surface area contributed by atoms with Crippen LogP contribution in [0.4, 0.5) is 5.13 Å². The number of thioether (sulfide) groups is 1. The minimum Gasteiger partial charge on any atom is -0.493 e. The number of carbonyl (C=O) groups excluding carboxylic acids is 1. The Hall–Kier alpha value is -3.24. The fourth-order valence-electron chi connectivity index (χ4n) is 2.91. The van der Waals surface area contributed by atoms with Gasteiger partial charge in [-0.25, -0.2) is 4.98 Å². The average Bonchev–Trinajstić information content (AvgIpc) is 3.24. The molecule has 4 rings (SSSR count). The van der Waals surface area contributed by atoms with Crippen LogP contribution in [0, 0.1) is 6.92 Å². The number of rotatable bonds is 9. The fraction of sp³-hybridized carbons (Fsp3) is 0.227. The van der Waals surface area contributed by atoms with E-state index in [4.69, 9.17) is 4.74 Å². The second-order valence-corrected chi connectivity index (χ2v) is 9.26. The molecule has 164 valence electrons. The second kappa shape index (κ2) is 10.4. The van der Waals surface area contributed by atoms with E-state index in [-0.39, 0.29) is 24.4 Å². The van der Waals surface area contributed by atoms with Gasteiger partial charge < -0.3 is 10.1 Å². The Balaban J connectivity index is 1.23. The number of carbonyl (C=O) groups is 1. The molecule has 0 atom stereocenters. The summed E-state index contributed by atoms with van der Waals surface area (Å²) in [5.74, 6) is 1.32. The summed E-state index contributed by atoms with van der Waals surface area (Å²) in [6.07, 6.45) is 1.60. The van der Waals surface area contributed by atoms with E-state index in [1.54, 1.807) is 18.2 Å². The highest BCUT2D eigenvalue weighted by atomic mass is 32.2. The van der Waals surface area contributed by atoms with Gasteiger partial charge >= 0.3 is 0 Å². The van der Waals surface area contributed by atoms with Gasteiger partial charge in [0.05, 0.1) is 23.8 Å². The lowest BCUT2D eigenvalue weighted by atomic mass is 10.2. The summed E-state index contributed by atoms with van der Waals surface area (Å²) < 4.78 is 7.89. The lowest BCUT2D eigenvalue weighted by Crippen LogP contribution is -2.23. The van der Waals surface area contributed by atoms with Crippen molar-refractivity contribution in [3.8, 4) is 5.75 Å². The van der Waals surface area contributed by atoms with Gasteiger partial charge in [-0.15, -0.1) is 10.2 Å². The number of hydrogen-bond acceptors (Lipinski definition) is 8. The van der Waals surface area contributed by atoms with E-state index >= 15 is 0 Å². The molecule has 0 saturated heterocycles. The molecular formula is C22H21N5O3S2. The summed E-state index contributed by atoms with van der Waals surface area (Å²) in [5.41, 5.74) is 1.67. The van der Waals surface area contributed by atoms with Crippen molar-refractivity contribution in [1.29, 1.82) is 0 Å². The van der Waals surface area contributed by atoms with Crippen LogP contribution in [0.25, 0.3) is 10.9 Å². The lowest BCUT2D eigenvalue weighted by Gasteiger charge is -2.06. The third-order valence-electron chi connectivity index (χ3n) is 4.56. The summed E-state index contributed by atoms with van der Waals surface area (Å²) in [6, 6.07) is 15.0. The van der Waals surface area contributed by atoms with E-state index < -0.39 is 0 Å². The van der Waals surface area contributed by atoms with E-state index in [0.717, 1.165) is 10.1 Å². The maximum atomic E-state index is 12.5. The van der Waals surface area contributed by atoms with Crippen LogP contribution in [0.15, 0.2) is 64.0 Å². The van der Waals surface area contributed by atoms with Crippen molar-refractivity contribution in [2.75, 3.05) is 17.7 Å². The third kappa shape index (κ3) is 5.71. The molecule has 0 aliphatic carbocycles. The van der Waals surface area contributed by atoms with Gasteiger partial charge in [0.1, 0.15) is 5.75 Å². The SMILES string of the molecule is Cc1ccc(OCCSc2nnc(NC(=O)CCn3cnc4ccccc4c3=O)s2)cc1. The molecule has 10 heteroatoms. The molecular weight excluding hydrogens is 446 g/mol. The van der Waals surface area contributed by atoms with E-state index in [1.165, 1.54) is 39.6 Å². The molecule has 0 aliphatic rings. The number of fused-ring (bicyclic) bond motifs is 1. The molecule has 0 aliphatic heterocycles. The molecule has 2 aromatic heterocycles. The summed E-state index contributed by atoms with van der Waals surface area (Å²) in [5, 5.41) is 11.8. The van der Waals surface area contributed by atoms with Gasteiger partial charge in [0, 0.05) is 18.7 Å². The van der Waals surface area contributed by atoms with Crippen LogP contribution in [0.5, 0.6) is 5.75 Å². The Labute approximate surface area is 192 Å². The van der Waals surface area contributed by atoms with Gasteiger partial charge in [0.15, 0.2) is 4.34 Å². The molecule has 0 fully saturated rings. The molecule has 4 aromatic rings. The minimum atomic E-state index is -0.236. The monoisotopic (exact) mass is 467 g/mol. The van der Waals surface area contributed by atoms with Gasteiger partial charge in [-0.1, -0.05) is 52.9 Å². The Bertz CT molecular complexity index is 1270. The van der Waals surface area contributed by atoms with Crippen molar-refractivity contribution in [3.05, 3.63) is 70.8 Å². The number of aromatic nitrogens is 4. The van der Waals surface area contributed by atoms with Crippen LogP contribution in [0.1, 0.15) is 12.0 Å². The van der Waals surface area contributed by atoms with Crippen LogP contribution >= 0.6 is 23.1 Å². The topological polar surface area (TPSA) is 99.0 Å². The highest BCUT2D eigenvalue weighted by molar-refractivity contribution is 8.01. The first-order valence-corrected chi connectivity index (χ1v) is 11.8. The summed E-state index contributed by atoms with van der Waals surface area (Å²) >= 11 is 2.83. The molecule has 1 N–H and O–H groups in total. The van der Waals surface area contributed by atoms with Crippen LogP contribution in [0.2, 0.25) is 0 Å². The summed E-state index contributed by atoms with van der Waals surface area (Å²) in [7, 11) is 0. The first kappa shape index (κ1) is 22.0. The Morgan fingerprint density at radius 2 is 1.97 bits per heavy atom. The molecule has 1 amide bonds. The highest BCUT2D eigenvalue weighted by Gasteiger charge is 2.10. The maximum Gasteiger partial charge on any atom is 0.261 e. The zero-order valence-corrected chi connectivity index (χ0v) is 19.0. The largest absolute Gasteiger partial charge is 0.493 e. The van der Waals surface area contributed by atoms with Crippen LogP contribution < -0.4 is 15.6 Å². The first-order chi connectivity index (χ1) is 15.6. The van der Waals surface area contributed by atoms with Crippen molar-refractivity contribution in [2.24, 2.45) is 0 Å². The number of aryl methyl sites for hydroxylation is 2. The summed E-state index contributed by atoms with van der Waals surface area (Å²) in [6.45, 7) is 2.81. The average molecular weight is 468 g/mol. The van der Waals surface area contributed by atoms with Gasteiger partial charge in [0.2, 0.25) is 11.0 Å².